The highest BCUT2D eigenvalue weighted by atomic mass is 16.1. The summed E-state index contributed by atoms with van der Waals surface area (Å²) in [7, 11) is 0. The Morgan fingerprint density at radius 2 is 1.41 bits per heavy atom. The van der Waals surface area contributed by atoms with E-state index in [0.29, 0.717) is 11.8 Å². The van der Waals surface area contributed by atoms with Crippen LogP contribution in [-0.2, 0) is 0 Å². The summed E-state index contributed by atoms with van der Waals surface area (Å²) in [5.41, 5.74) is 4.73. The average molecular weight is 423 g/mol. The van der Waals surface area contributed by atoms with E-state index in [0.717, 1.165) is 55.4 Å². The highest BCUT2D eigenvalue weighted by Gasteiger charge is 2.24. The standard InChI is InChI=1S/C29H30N2O/c32-29-27(21-25-13-7-8-14-28(25)30-29)24-15-18-31(19-16-24)20-17-26(22-9-3-1-4-10-22)23-11-5-2-6-12-23/h1-14,21,24,26H,15-20H2,(H,30,32). The zero-order valence-electron chi connectivity index (χ0n) is 18.4. The predicted octanol–water partition coefficient (Wildman–Crippen LogP) is 5.93. The molecule has 0 radical (unpaired) electrons. The van der Waals surface area contributed by atoms with E-state index in [1.807, 2.05) is 18.2 Å². The van der Waals surface area contributed by atoms with Crippen molar-refractivity contribution >= 4 is 10.9 Å². The number of likely N-dealkylation sites (tertiary alicyclic amines) is 1. The number of nitrogens with one attached hydrogen (secondary N) is 1. The molecule has 1 aromatic heterocycles. The normalized spacial score (nSPS) is 15.4. The number of rotatable bonds is 6. The third-order valence-electron chi connectivity index (χ3n) is 6.95. The molecule has 3 nitrogen and oxygen atoms in total. The molecule has 3 heteroatoms. The third kappa shape index (κ3) is 4.53. The molecule has 0 atom stereocenters. The van der Waals surface area contributed by atoms with Gasteiger partial charge < -0.3 is 9.88 Å². The molecule has 2 heterocycles. The van der Waals surface area contributed by atoms with Gasteiger partial charge in [-0.1, -0.05) is 78.9 Å². The Labute approximate surface area is 189 Å². The summed E-state index contributed by atoms with van der Waals surface area (Å²) in [5, 5.41) is 1.12. The van der Waals surface area contributed by atoms with Gasteiger partial charge in [0.05, 0.1) is 0 Å². The number of fused-ring (bicyclic) bond motifs is 1. The first kappa shape index (κ1) is 20.7. The zero-order valence-corrected chi connectivity index (χ0v) is 18.4. The summed E-state index contributed by atoms with van der Waals surface area (Å²) >= 11 is 0. The lowest BCUT2D eigenvalue weighted by molar-refractivity contribution is 0.207. The molecule has 1 aliphatic heterocycles. The van der Waals surface area contributed by atoms with Gasteiger partial charge in [-0.3, -0.25) is 4.79 Å². The smallest absolute Gasteiger partial charge is 0.251 e. The Bertz CT molecular complexity index is 1170. The highest BCUT2D eigenvalue weighted by molar-refractivity contribution is 5.78. The van der Waals surface area contributed by atoms with Gasteiger partial charge in [-0.15, -0.1) is 0 Å². The van der Waals surface area contributed by atoms with Crippen LogP contribution in [0.2, 0.25) is 0 Å². The molecule has 0 amide bonds. The van der Waals surface area contributed by atoms with Gasteiger partial charge >= 0.3 is 0 Å². The molecule has 1 fully saturated rings. The summed E-state index contributed by atoms with van der Waals surface area (Å²) in [4.78, 5) is 18.3. The average Bonchev–Trinajstić information content (AvgIpc) is 2.85. The number of aromatic nitrogens is 1. The van der Waals surface area contributed by atoms with Gasteiger partial charge in [0.1, 0.15) is 0 Å². The van der Waals surface area contributed by atoms with Gasteiger partial charge in [0.15, 0.2) is 0 Å². The Kier molecular flexibility index (Phi) is 6.17. The van der Waals surface area contributed by atoms with E-state index in [-0.39, 0.29) is 5.56 Å². The maximum absolute atomic E-state index is 12.7. The second-order valence-electron chi connectivity index (χ2n) is 8.92. The van der Waals surface area contributed by atoms with Crippen molar-refractivity contribution in [3.63, 3.8) is 0 Å². The minimum Gasteiger partial charge on any atom is -0.322 e. The van der Waals surface area contributed by atoms with Gasteiger partial charge in [0.25, 0.3) is 5.56 Å². The van der Waals surface area contributed by atoms with Crippen LogP contribution in [0.4, 0.5) is 0 Å². The number of benzene rings is 3. The largest absolute Gasteiger partial charge is 0.322 e. The second kappa shape index (κ2) is 9.54. The van der Waals surface area contributed by atoms with Crippen molar-refractivity contribution < 1.29 is 0 Å². The van der Waals surface area contributed by atoms with Crippen molar-refractivity contribution in [3.05, 3.63) is 118 Å². The summed E-state index contributed by atoms with van der Waals surface area (Å²) in [6.45, 7) is 3.18. The number of H-pyrrole nitrogens is 1. The lowest BCUT2D eigenvalue weighted by Crippen LogP contribution is -2.35. The number of pyridine rings is 1. The predicted molar refractivity (Wildman–Crippen MR) is 132 cm³/mol. The molecular formula is C29H30N2O. The van der Waals surface area contributed by atoms with E-state index in [4.69, 9.17) is 0 Å². The third-order valence-corrected chi connectivity index (χ3v) is 6.95. The second-order valence-corrected chi connectivity index (χ2v) is 8.92. The highest BCUT2D eigenvalue weighted by Crippen LogP contribution is 2.31. The monoisotopic (exact) mass is 422 g/mol. The fourth-order valence-corrected chi connectivity index (χ4v) is 5.14. The van der Waals surface area contributed by atoms with Crippen LogP contribution >= 0.6 is 0 Å². The molecule has 3 aromatic carbocycles. The summed E-state index contributed by atoms with van der Waals surface area (Å²) in [6.07, 6.45) is 3.20. The van der Waals surface area contributed by atoms with Crippen molar-refractivity contribution in [1.82, 2.24) is 9.88 Å². The first-order chi connectivity index (χ1) is 15.8. The van der Waals surface area contributed by atoms with Gasteiger partial charge in [-0.25, -0.2) is 0 Å². The molecule has 1 saturated heterocycles. The SMILES string of the molecule is O=c1[nH]c2ccccc2cc1C1CCN(CCC(c2ccccc2)c2ccccc2)CC1. The maximum atomic E-state index is 12.7. The molecular weight excluding hydrogens is 392 g/mol. The minimum atomic E-state index is 0.0790. The summed E-state index contributed by atoms with van der Waals surface area (Å²) < 4.78 is 0. The van der Waals surface area contributed by atoms with E-state index < -0.39 is 0 Å². The molecule has 0 aliphatic carbocycles. The molecule has 0 bridgehead atoms. The number of nitrogens with zero attached hydrogens (tertiary/aromatic N) is 1. The Morgan fingerprint density at radius 3 is 2.06 bits per heavy atom. The van der Waals surface area contributed by atoms with E-state index in [9.17, 15) is 4.79 Å². The lowest BCUT2D eigenvalue weighted by Gasteiger charge is -2.33. The first-order valence-corrected chi connectivity index (χ1v) is 11.7. The van der Waals surface area contributed by atoms with Gasteiger partial charge in [-0.2, -0.15) is 0 Å². The Morgan fingerprint density at radius 1 is 0.812 bits per heavy atom. The van der Waals surface area contributed by atoms with Crippen LogP contribution in [0.5, 0.6) is 0 Å². The number of hydrogen-bond donors (Lipinski definition) is 1. The van der Waals surface area contributed by atoms with Crippen LogP contribution in [0.3, 0.4) is 0 Å². The molecule has 0 saturated carbocycles. The van der Waals surface area contributed by atoms with Crippen LogP contribution in [0.25, 0.3) is 10.9 Å². The van der Waals surface area contributed by atoms with Crippen molar-refractivity contribution in [1.29, 1.82) is 0 Å². The molecule has 1 N–H and O–H groups in total. The first-order valence-electron chi connectivity index (χ1n) is 11.7. The molecule has 0 spiro atoms. The quantitative estimate of drug-likeness (QED) is 0.418. The topological polar surface area (TPSA) is 36.1 Å². The van der Waals surface area contributed by atoms with Crippen molar-refractivity contribution in [3.8, 4) is 0 Å². The summed E-state index contributed by atoms with van der Waals surface area (Å²) in [6, 6.07) is 31.9. The number of para-hydroxylation sites is 1. The molecule has 0 unspecified atom stereocenters. The zero-order chi connectivity index (χ0) is 21.8. The molecule has 162 valence electrons. The minimum absolute atomic E-state index is 0.0790. The van der Waals surface area contributed by atoms with E-state index in [1.54, 1.807) is 0 Å². The van der Waals surface area contributed by atoms with Gasteiger partial charge in [0, 0.05) is 17.0 Å². The fraction of sp³-hybridized carbons (Fsp3) is 0.276. The van der Waals surface area contributed by atoms with Crippen LogP contribution in [0, 0.1) is 0 Å². The van der Waals surface area contributed by atoms with Gasteiger partial charge in [0.2, 0.25) is 0 Å². The van der Waals surface area contributed by atoms with Gasteiger partial charge in [-0.05, 0) is 73.5 Å². The molecule has 4 aromatic rings. The number of hydrogen-bond acceptors (Lipinski definition) is 2. The van der Waals surface area contributed by atoms with E-state index >= 15 is 0 Å². The summed E-state index contributed by atoms with van der Waals surface area (Å²) in [5.74, 6) is 0.761. The van der Waals surface area contributed by atoms with E-state index in [1.165, 1.54) is 11.1 Å². The Hall–Kier alpha value is -3.17. The number of aromatic amines is 1. The van der Waals surface area contributed by atoms with Crippen molar-refractivity contribution in [2.24, 2.45) is 0 Å². The van der Waals surface area contributed by atoms with Crippen molar-refractivity contribution in [2.75, 3.05) is 19.6 Å². The van der Waals surface area contributed by atoms with Crippen LogP contribution < -0.4 is 5.56 Å². The van der Waals surface area contributed by atoms with E-state index in [2.05, 4.69) is 82.7 Å². The van der Waals surface area contributed by atoms with Crippen LogP contribution in [-0.4, -0.2) is 29.5 Å². The lowest BCUT2D eigenvalue weighted by atomic mass is 9.87. The fourth-order valence-electron chi connectivity index (χ4n) is 5.14. The molecule has 5 rings (SSSR count). The van der Waals surface area contributed by atoms with Crippen LogP contribution in [0.15, 0.2) is 95.8 Å². The van der Waals surface area contributed by atoms with Crippen LogP contribution in [0.1, 0.15) is 47.8 Å². The number of piperidine rings is 1. The molecule has 1 aliphatic rings. The maximum Gasteiger partial charge on any atom is 0.251 e. The Balaban J connectivity index is 1.25. The van der Waals surface area contributed by atoms with Crippen molar-refractivity contribution in [2.45, 2.75) is 31.1 Å². The molecule has 32 heavy (non-hydrogen) atoms.